The number of ether oxygens (including phenoxy) is 1. The first-order valence-electron chi connectivity index (χ1n) is 14.4. The van der Waals surface area contributed by atoms with Gasteiger partial charge in [0.1, 0.15) is 5.78 Å². The van der Waals surface area contributed by atoms with Crippen molar-refractivity contribution in [2.75, 3.05) is 6.61 Å². The lowest BCUT2D eigenvalue weighted by molar-refractivity contribution is -0.143. The molecule has 0 heterocycles. The molecule has 0 aliphatic heterocycles. The van der Waals surface area contributed by atoms with E-state index >= 15 is 0 Å². The quantitative estimate of drug-likeness (QED) is 0.104. The Bertz CT molecular complexity index is 612. The predicted octanol–water partition coefficient (Wildman–Crippen LogP) is 6.85. The molecule has 4 atom stereocenters. The van der Waals surface area contributed by atoms with Crippen LogP contribution in [0.2, 0.25) is 0 Å². The SMILES string of the molecule is CCCCCCCCCCOC(=O)CCCC=CC[C@H]1C(=O)C[C@@H](O)[C@@H]1/C=C/CC(O)CCCC. The number of allylic oxidation sites excluding steroid dienone is 2. The van der Waals surface area contributed by atoms with Crippen LogP contribution in [0.4, 0.5) is 0 Å². The van der Waals surface area contributed by atoms with Crippen molar-refractivity contribution < 1.29 is 24.5 Å². The fourth-order valence-electron chi connectivity index (χ4n) is 4.70. The van der Waals surface area contributed by atoms with Gasteiger partial charge in [-0.3, -0.25) is 9.59 Å². The molecule has 0 bridgehead atoms. The first-order chi connectivity index (χ1) is 17.0. The number of esters is 1. The number of hydrogen-bond donors (Lipinski definition) is 2. The van der Waals surface area contributed by atoms with Gasteiger partial charge in [-0.05, 0) is 38.5 Å². The summed E-state index contributed by atoms with van der Waals surface area (Å²) in [6.45, 7) is 4.86. The molecule has 0 aromatic carbocycles. The number of unbranched alkanes of at least 4 members (excludes halogenated alkanes) is 9. The van der Waals surface area contributed by atoms with Crippen molar-refractivity contribution in [3.8, 4) is 0 Å². The standard InChI is InChI=1S/C30H52O5/c1-3-5-7-8-9-10-13-16-23-35-30(34)22-15-12-11-14-20-26-27(29(33)24-28(26)32)21-17-19-25(31)18-6-4-2/h11,14,17,21,25-27,29,31,33H,3-10,12-13,15-16,18-20,22-24H2,1-2H3/b14-11?,21-17+/t25?,26-,27-,29-/m1/s1. The summed E-state index contributed by atoms with van der Waals surface area (Å²) in [4.78, 5) is 24.2. The first kappa shape index (κ1) is 31.6. The summed E-state index contributed by atoms with van der Waals surface area (Å²) >= 11 is 0. The molecule has 5 nitrogen and oxygen atoms in total. The Labute approximate surface area is 214 Å². The van der Waals surface area contributed by atoms with Crippen LogP contribution in [0, 0.1) is 11.8 Å². The Morgan fingerprint density at radius 1 is 0.971 bits per heavy atom. The molecule has 35 heavy (non-hydrogen) atoms. The van der Waals surface area contributed by atoms with Gasteiger partial charge in [0, 0.05) is 24.7 Å². The van der Waals surface area contributed by atoms with Crippen LogP contribution in [0.15, 0.2) is 24.3 Å². The van der Waals surface area contributed by atoms with E-state index in [2.05, 4.69) is 13.8 Å². The van der Waals surface area contributed by atoms with E-state index in [1.807, 2.05) is 24.3 Å². The molecule has 5 heteroatoms. The molecule has 1 aliphatic rings. The minimum Gasteiger partial charge on any atom is -0.466 e. The topological polar surface area (TPSA) is 83.8 Å². The van der Waals surface area contributed by atoms with Gasteiger partial charge in [-0.25, -0.2) is 0 Å². The Balaban J connectivity index is 2.16. The number of Topliss-reactive ketones (excluding diaryl/α,β-unsaturated/α-hetero) is 1. The van der Waals surface area contributed by atoms with Crippen LogP contribution < -0.4 is 0 Å². The lowest BCUT2D eigenvalue weighted by Gasteiger charge is -2.16. The van der Waals surface area contributed by atoms with Gasteiger partial charge in [-0.15, -0.1) is 0 Å². The number of carbonyl (C=O) groups excluding carboxylic acids is 2. The number of ketones is 1. The smallest absolute Gasteiger partial charge is 0.305 e. The molecule has 0 radical (unpaired) electrons. The molecule has 1 fully saturated rings. The summed E-state index contributed by atoms with van der Waals surface area (Å²) in [6, 6.07) is 0. The van der Waals surface area contributed by atoms with Gasteiger partial charge in [-0.2, -0.15) is 0 Å². The van der Waals surface area contributed by atoms with Crippen molar-refractivity contribution in [3.63, 3.8) is 0 Å². The number of aliphatic hydroxyl groups is 2. The van der Waals surface area contributed by atoms with Crippen LogP contribution in [0.5, 0.6) is 0 Å². The van der Waals surface area contributed by atoms with E-state index in [9.17, 15) is 19.8 Å². The third-order valence-electron chi connectivity index (χ3n) is 6.96. The van der Waals surface area contributed by atoms with E-state index in [0.717, 1.165) is 44.9 Å². The molecule has 1 unspecified atom stereocenters. The van der Waals surface area contributed by atoms with Crippen LogP contribution in [-0.4, -0.2) is 40.8 Å². The minimum atomic E-state index is -0.638. The normalized spacial score (nSPS) is 21.4. The largest absolute Gasteiger partial charge is 0.466 e. The second-order valence-corrected chi connectivity index (χ2v) is 10.2. The van der Waals surface area contributed by atoms with E-state index in [-0.39, 0.29) is 36.1 Å². The van der Waals surface area contributed by atoms with Crippen LogP contribution >= 0.6 is 0 Å². The van der Waals surface area contributed by atoms with Crippen LogP contribution in [0.25, 0.3) is 0 Å². The molecule has 0 aromatic rings. The van der Waals surface area contributed by atoms with Crippen molar-refractivity contribution >= 4 is 11.8 Å². The Morgan fingerprint density at radius 3 is 2.37 bits per heavy atom. The van der Waals surface area contributed by atoms with E-state index in [1.54, 1.807) is 0 Å². The molecular formula is C30H52O5. The summed E-state index contributed by atoms with van der Waals surface area (Å²) in [5.74, 6) is -0.409. The van der Waals surface area contributed by atoms with Gasteiger partial charge in [0.15, 0.2) is 0 Å². The number of aliphatic hydroxyl groups excluding tert-OH is 2. The van der Waals surface area contributed by atoms with E-state index < -0.39 is 6.10 Å². The maximum Gasteiger partial charge on any atom is 0.305 e. The Kier molecular flexibility index (Phi) is 18.7. The zero-order valence-corrected chi connectivity index (χ0v) is 22.5. The molecule has 2 N–H and O–H groups in total. The lowest BCUT2D eigenvalue weighted by atomic mass is 9.90. The highest BCUT2D eigenvalue weighted by molar-refractivity contribution is 5.84. The van der Waals surface area contributed by atoms with Crippen LogP contribution in [-0.2, 0) is 14.3 Å². The third-order valence-corrected chi connectivity index (χ3v) is 6.96. The van der Waals surface area contributed by atoms with Gasteiger partial charge in [0.2, 0.25) is 0 Å². The Morgan fingerprint density at radius 2 is 1.66 bits per heavy atom. The second-order valence-electron chi connectivity index (χ2n) is 10.2. The number of hydrogen-bond acceptors (Lipinski definition) is 5. The number of carbonyl (C=O) groups is 2. The van der Waals surface area contributed by atoms with Crippen molar-refractivity contribution in [1.82, 2.24) is 0 Å². The van der Waals surface area contributed by atoms with E-state index in [1.165, 1.54) is 38.5 Å². The predicted molar refractivity (Wildman–Crippen MR) is 143 cm³/mol. The highest BCUT2D eigenvalue weighted by Gasteiger charge is 2.39. The van der Waals surface area contributed by atoms with Gasteiger partial charge in [0.25, 0.3) is 0 Å². The van der Waals surface area contributed by atoms with Gasteiger partial charge >= 0.3 is 5.97 Å². The molecule has 0 saturated heterocycles. The van der Waals surface area contributed by atoms with E-state index in [4.69, 9.17) is 4.74 Å². The molecule has 202 valence electrons. The van der Waals surface area contributed by atoms with Crippen LogP contribution in [0.1, 0.15) is 123 Å². The van der Waals surface area contributed by atoms with Crippen molar-refractivity contribution in [1.29, 1.82) is 0 Å². The first-order valence-corrected chi connectivity index (χ1v) is 14.4. The second kappa shape index (κ2) is 20.7. The summed E-state index contributed by atoms with van der Waals surface area (Å²) in [5.41, 5.74) is 0. The zero-order chi connectivity index (χ0) is 25.7. The maximum atomic E-state index is 12.3. The monoisotopic (exact) mass is 492 g/mol. The third kappa shape index (κ3) is 15.3. The highest BCUT2D eigenvalue weighted by atomic mass is 16.5. The molecule has 1 rings (SSSR count). The highest BCUT2D eigenvalue weighted by Crippen LogP contribution is 2.33. The van der Waals surface area contributed by atoms with Gasteiger partial charge < -0.3 is 14.9 Å². The zero-order valence-electron chi connectivity index (χ0n) is 22.5. The molecule has 0 spiro atoms. The summed E-state index contributed by atoms with van der Waals surface area (Å²) < 4.78 is 5.33. The van der Waals surface area contributed by atoms with Crippen LogP contribution in [0.3, 0.4) is 0 Å². The minimum absolute atomic E-state index is 0.105. The fourth-order valence-corrected chi connectivity index (χ4v) is 4.70. The van der Waals surface area contributed by atoms with Crippen molar-refractivity contribution in [3.05, 3.63) is 24.3 Å². The lowest BCUT2D eigenvalue weighted by Crippen LogP contribution is -2.18. The molecule has 1 saturated carbocycles. The molecule has 0 amide bonds. The average Bonchev–Trinajstić information content (AvgIpc) is 3.10. The van der Waals surface area contributed by atoms with Gasteiger partial charge in [0.05, 0.1) is 18.8 Å². The van der Waals surface area contributed by atoms with Crippen molar-refractivity contribution in [2.24, 2.45) is 11.8 Å². The average molecular weight is 493 g/mol. The van der Waals surface area contributed by atoms with Gasteiger partial charge in [-0.1, -0.05) is 95.9 Å². The molecular weight excluding hydrogens is 440 g/mol. The maximum absolute atomic E-state index is 12.3. The summed E-state index contributed by atoms with van der Waals surface area (Å²) in [7, 11) is 0. The summed E-state index contributed by atoms with van der Waals surface area (Å²) in [5, 5.41) is 20.3. The van der Waals surface area contributed by atoms with Crippen molar-refractivity contribution in [2.45, 2.75) is 135 Å². The molecule has 1 aliphatic carbocycles. The Hall–Kier alpha value is -1.46. The summed E-state index contributed by atoms with van der Waals surface area (Å²) in [6.07, 6.45) is 22.9. The fraction of sp³-hybridized carbons (Fsp3) is 0.800. The number of rotatable bonds is 21. The van der Waals surface area contributed by atoms with E-state index in [0.29, 0.717) is 25.9 Å². The molecule has 0 aromatic heterocycles.